The smallest absolute Gasteiger partial charge is 0.338 e. The maximum Gasteiger partial charge on any atom is 0.338 e. The minimum atomic E-state index is -1.03. The minimum absolute atomic E-state index is 0.000328. The zero-order valence-electron chi connectivity index (χ0n) is 14.2. The normalized spacial score (nSPS) is 15.0. The summed E-state index contributed by atoms with van der Waals surface area (Å²) in [7, 11) is 0. The van der Waals surface area contributed by atoms with Crippen LogP contribution in [0.4, 0.5) is 5.69 Å². The Morgan fingerprint density at radius 3 is 2.58 bits per heavy atom. The molecule has 26 heavy (non-hydrogen) atoms. The van der Waals surface area contributed by atoms with Crippen LogP contribution in [0.15, 0.2) is 30.6 Å². The van der Waals surface area contributed by atoms with Crippen LogP contribution in [0.3, 0.4) is 0 Å². The van der Waals surface area contributed by atoms with Gasteiger partial charge in [-0.25, -0.2) is 4.79 Å². The Hall–Kier alpha value is -3.23. The van der Waals surface area contributed by atoms with E-state index in [4.69, 9.17) is 5.11 Å². The first kappa shape index (κ1) is 17.6. The highest BCUT2D eigenvalue weighted by atomic mass is 16.6. The lowest BCUT2D eigenvalue weighted by molar-refractivity contribution is -0.385. The molecule has 1 aliphatic heterocycles. The molecule has 2 aromatic rings. The van der Waals surface area contributed by atoms with Crippen molar-refractivity contribution >= 4 is 17.6 Å². The van der Waals surface area contributed by atoms with Gasteiger partial charge in [0.2, 0.25) is 0 Å². The molecule has 0 radical (unpaired) electrons. The molecule has 1 saturated heterocycles. The van der Waals surface area contributed by atoms with Gasteiger partial charge in [-0.15, -0.1) is 0 Å². The molecule has 2 heterocycles. The molecule has 3 rings (SSSR count). The number of rotatable bonds is 4. The molecule has 1 N–H and O–H groups in total. The van der Waals surface area contributed by atoms with Crippen LogP contribution in [0.5, 0.6) is 0 Å². The molecule has 0 atom stereocenters. The largest absolute Gasteiger partial charge is 0.478 e. The van der Waals surface area contributed by atoms with Crippen LogP contribution in [0.1, 0.15) is 45.2 Å². The van der Waals surface area contributed by atoms with Crippen molar-refractivity contribution in [1.29, 1.82) is 0 Å². The number of benzene rings is 1. The molecule has 0 spiro atoms. The number of carbonyl (C=O) groups excluding carboxylic acids is 1. The fraction of sp³-hybridized carbons (Fsp3) is 0.353. The van der Waals surface area contributed by atoms with Crippen LogP contribution >= 0.6 is 0 Å². The molecular formula is C17H18N4O5. The molecule has 0 unspecified atom stereocenters. The van der Waals surface area contributed by atoms with E-state index >= 15 is 0 Å². The van der Waals surface area contributed by atoms with Gasteiger partial charge in [-0.05, 0) is 25.8 Å². The van der Waals surface area contributed by atoms with Crippen LogP contribution in [0.2, 0.25) is 0 Å². The summed E-state index contributed by atoms with van der Waals surface area (Å²) in [6, 6.07) is 4.73. The van der Waals surface area contributed by atoms with Crippen molar-refractivity contribution in [3.05, 3.63) is 57.4 Å². The predicted octanol–water partition coefficient (Wildman–Crippen LogP) is 2.28. The highest BCUT2D eigenvalue weighted by Crippen LogP contribution is 2.28. The first-order valence-corrected chi connectivity index (χ1v) is 8.19. The van der Waals surface area contributed by atoms with Crippen molar-refractivity contribution in [2.75, 3.05) is 13.1 Å². The third-order valence-corrected chi connectivity index (χ3v) is 4.63. The molecule has 1 aromatic carbocycles. The van der Waals surface area contributed by atoms with Crippen molar-refractivity contribution in [3.63, 3.8) is 0 Å². The van der Waals surface area contributed by atoms with Gasteiger partial charge in [0.15, 0.2) is 0 Å². The van der Waals surface area contributed by atoms with Gasteiger partial charge in [-0.2, -0.15) is 5.10 Å². The number of amides is 1. The Morgan fingerprint density at radius 1 is 1.31 bits per heavy atom. The molecule has 1 aromatic heterocycles. The van der Waals surface area contributed by atoms with Crippen LogP contribution in [-0.4, -0.2) is 49.7 Å². The number of hydrogen-bond donors (Lipinski definition) is 1. The van der Waals surface area contributed by atoms with E-state index in [1.54, 1.807) is 28.6 Å². The third kappa shape index (κ3) is 3.28. The lowest BCUT2D eigenvalue weighted by atomic mass is 10.0. The van der Waals surface area contributed by atoms with E-state index in [1.807, 2.05) is 0 Å². The number of aryl methyl sites for hydroxylation is 1. The highest BCUT2D eigenvalue weighted by molar-refractivity contribution is 5.98. The fourth-order valence-corrected chi connectivity index (χ4v) is 3.23. The van der Waals surface area contributed by atoms with Crippen LogP contribution in [0, 0.1) is 17.0 Å². The van der Waals surface area contributed by atoms with Gasteiger partial charge in [0.25, 0.3) is 11.6 Å². The predicted molar refractivity (Wildman–Crippen MR) is 91.2 cm³/mol. The van der Waals surface area contributed by atoms with Crippen molar-refractivity contribution in [1.82, 2.24) is 14.7 Å². The standard InChI is InChI=1S/C17H18N4O5/c1-11-3-2-4-14(15(11)21(25)26)16(22)19-7-5-13(6-8-19)20-10-12(9-18-20)17(23)24/h2-4,9-10,13H,5-8H2,1H3,(H,23,24). The van der Waals surface area contributed by atoms with Gasteiger partial charge in [0.1, 0.15) is 5.56 Å². The maximum absolute atomic E-state index is 12.7. The van der Waals surface area contributed by atoms with Gasteiger partial charge in [0, 0.05) is 24.8 Å². The number of para-hydroxylation sites is 1. The van der Waals surface area contributed by atoms with Gasteiger partial charge in [-0.1, -0.05) is 12.1 Å². The summed E-state index contributed by atoms with van der Waals surface area (Å²) in [4.78, 5) is 36.1. The number of nitro groups is 1. The zero-order chi connectivity index (χ0) is 18.8. The first-order chi connectivity index (χ1) is 12.4. The third-order valence-electron chi connectivity index (χ3n) is 4.63. The maximum atomic E-state index is 12.7. The first-order valence-electron chi connectivity index (χ1n) is 8.19. The number of carboxylic acid groups (broad SMARTS) is 1. The van der Waals surface area contributed by atoms with E-state index in [0.29, 0.717) is 31.5 Å². The topological polar surface area (TPSA) is 119 Å². The summed E-state index contributed by atoms with van der Waals surface area (Å²) in [6.07, 6.45) is 3.99. The number of aromatic carboxylic acids is 1. The quantitative estimate of drug-likeness (QED) is 0.661. The van der Waals surface area contributed by atoms with E-state index in [-0.39, 0.29) is 28.8 Å². The van der Waals surface area contributed by atoms with Gasteiger partial charge >= 0.3 is 5.97 Å². The molecule has 0 aliphatic carbocycles. The monoisotopic (exact) mass is 358 g/mol. The molecule has 1 aliphatic rings. The number of nitrogens with zero attached hydrogens (tertiary/aromatic N) is 4. The Balaban J connectivity index is 1.72. The van der Waals surface area contributed by atoms with Crippen LogP contribution < -0.4 is 0 Å². The molecule has 0 bridgehead atoms. The second-order valence-corrected chi connectivity index (χ2v) is 6.27. The fourth-order valence-electron chi connectivity index (χ4n) is 3.23. The second kappa shape index (κ2) is 6.95. The van der Waals surface area contributed by atoms with Crippen molar-refractivity contribution < 1.29 is 19.6 Å². The van der Waals surface area contributed by atoms with Crippen molar-refractivity contribution in [3.8, 4) is 0 Å². The highest BCUT2D eigenvalue weighted by Gasteiger charge is 2.30. The lowest BCUT2D eigenvalue weighted by Gasteiger charge is -2.32. The number of hydrogen-bond acceptors (Lipinski definition) is 5. The van der Waals surface area contributed by atoms with E-state index in [1.165, 1.54) is 18.5 Å². The molecule has 1 fully saturated rings. The number of nitro benzene ring substituents is 1. The Labute approximate surface area is 149 Å². The summed E-state index contributed by atoms with van der Waals surface area (Å²) in [6.45, 7) is 2.46. The summed E-state index contributed by atoms with van der Waals surface area (Å²) >= 11 is 0. The molecule has 1 amide bonds. The number of carbonyl (C=O) groups is 2. The van der Waals surface area contributed by atoms with Gasteiger partial charge in [0.05, 0.1) is 22.7 Å². The van der Waals surface area contributed by atoms with Crippen LogP contribution in [-0.2, 0) is 0 Å². The summed E-state index contributed by atoms with van der Waals surface area (Å²) < 4.78 is 1.61. The van der Waals surface area contributed by atoms with E-state index < -0.39 is 10.9 Å². The molecule has 0 saturated carbocycles. The molecule has 9 nitrogen and oxygen atoms in total. The Bertz CT molecular complexity index is 868. The van der Waals surface area contributed by atoms with E-state index in [9.17, 15) is 19.7 Å². The van der Waals surface area contributed by atoms with E-state index in [0.717, 1.165) is 0 Å². The lowest BCUT2D eigenvalue weighted by Crippen LogP contribution is -2.39. The molecular weight excluding hydrogens is 340 g/mol. The second-order valence-electron chi connectivity index (χ2n) is 6.27. The number of carboxylic acids is 1. The van der Waals surface area contributed by atoms with Crippen molar-refractivity contribution in [2.45, 2.75) is 25.8 Å². The Morgan fingerprint density at radius 2 is 2.00 bits per heavy atom. The average Bonchev–Trinajstić information content (AvgIpc) is 3.11. The summed E-state index contributed by atoms with van der Waals surface area (Å²) in [5, 5.41) is 24.4. The SMILES string of the molecule is Cc1cccc(C(=O)N2CCC(n3cc(C(=O)O)cn3)CC2)c1[N+](=O)[O-]. The number of piperidine rings is 1. The molecule has 136 valence electrons. The molecule has 9 heteroatoms. The minimum Gasteiger partial charge on any atom is -0.478 e. The van der Waals surface area contributed by atoms with Gasteiger partial charge < -0.3 is 10.0 Å². The summed E-state index contributed by atoms with van der Waals surface area (Å²) in [5.74, 6) is -1.39. The zero-order valence-corrected chi connectivity index (χ0v) is 14.2. The van der Waals surface area contributed by atoms with Crippen LogP contribution in [0.25, 0.3) is 0 Å². The number of aromatic nitrogens is 2. The van der Waals surface area contributed by atoms with Gasteiger partial charge in [-0.3, -0.25) is 19.6 Å². The van der Waals surface area contributed by atoms with E-state index in [2.05, 4.69) is 5.10 Å². The average molecular weight is 358 g/mol. The summed E-state index contributed by atoms with van der Waals surface area (Å²) in [5.41, 5.74) is 0.519. The Kier molecular flexibility index (Phi) is 4.70. The number of likely N-dealkylation sites (tertiary alicyclic amines) is 1. The van der Waals surface area contributed by atoms with Crippen molar-refractivity contribution in [2.24, 2.45) is 0 Å².